The number of benzene rings is 1. The van der Waals surface area contributed by atoms with E-state index in [4.69, 9.17) is 9.47 Å². The number of ether oxygens (including phenoxy) is 2. The summed E-state index contributed by atoms with van der Waals surface area (Å²) < 4.78 is 10.6. The molecule has 0 radical (unpaired) electrons. The summed E-state index contributed by atoms with van der Waals surface area (Å²) in [6.07, 6.45) is -1.15. The highest BCUT2D eigenvalue weighted by Gasteiger charge is 2.50. The van der Waals surface area contributed by atoms with Gasteiger partial charge in [0.05, 0.1) is 23.8 Å². The molecular formula is C14H11NO5. The van der Waals surface area contributed by atoms with Gasteiger partial charge in [-0.3, -0.25) is 19.3 Å². The van der Waals surface area contributed by atoms with Gasteiger partial charge in [0.15, 0.2) is 5.78 Å². The van der Waals surface area contributed by atoms with E-state index < -0.39 is 18.4 Å². The summed E-state index contributed by atoms with van der Waals surface area (Å²) in [6, 6.07) is 6.09. The van der Waals surface area contributed by atoms with Gasteiger partial charge >= 0.3 is 0 Å². The molecule has 6 nitrogen and oxygen atoms in total. The fourth-order valence-corrected chi connectivity index (χ4v) is 2.99. The molecule has 20 heavy (non-hydrogen) atoms. The molecule has 2 fully saturated rings. The van der Waals surface area contributed by atoms with Crippen LogP contribution < -0.4 is 0 Å². The van der Waals surface area contributed by atoms with E-state index in [0.717, 1.165) is 4.90 Å². The second-order valence-electron chi connectivity index (χ2n) is 5.10. The summed E-state index contributed by atoms with van der Waals surface area (Å²) in [4.78, 5) is 37.7. The van der Waals surface area contributed by atoms with E-state index >= 15 is 0 Å². The molecule has 3 atom stereocenters. The molecule has 3 aliphatic heterocycles. The number of amides is 2. The topological polar surface area (TPSA) is 72.9 Å². The largest absolute Gasteiger partial charge is 0.343 e. The quantitative estimate of drug-likeness (QED) is 0.691. The van der Waals surface area contributed by atoms with Crippen LogP contribution in [-0.2, 0) is 14.3 Å². The van der Waals surface area contributed by atoms with Gasteiger partial charge in [0.25, 0.3) is 11.8 Å². The van der Waals surface area contributed by atoms with Crippen molar-refractivity contribution in [2.75, 3.05) is 6.61 Å². The van der Waals surface area contributed by atoms with E-state index in [1.165, 1.54) is 0 Å². The summed E-state index contributed by atoms with van der Waals surface area (Å²) in [5, 5.41) is 0. The molecule has 3 heterocycles. The molecule has 6 heteroatoms. The number of nitrogens with zero attached hydrogens (tertiary/aromatic N) is 1. The van der Waals surface area contributed by atoms with Crippen molar-refractivity contribution in [3.8, 4) is 0 Å². The first kappa shape index (κ1) is 11.7. The van der Waals surface area contributed by atoms with Crippen molar-refractivity contribution < 1.29 is 23.9 Å². The van der Waals surface area contributed by atoms with E-state index in [0.29, 0.717) is 11.1 Å². The molecule has 0 aromatic heterocycles. The molecule has 3 aliphatic rings. The first-order chi connectivity index (χ1) is 9.66. The van der Waals surface area contributed by atoms with Gasteiger partial charge in [0.1, 0.15) is 6.10 Å². The third-order valence-electron chi connectivity index (χ3n) is 3.97. The Balaban J connectivity index is 1.72. The van der Waals surface area contributed by atoms with Crippen LogP contribution in [0.3, 0.4) is 0 Å². The maximum atomic E-state index is 12.4. The third-order valence-corrected chi connectivity index (χ3v) is 3.97. The predicted octanol–water partition coefficient (Wildman–Crippen LogP) is 0.366. The summed E-state index contributed by atoms with van der Waals surface area (Å²) >= 11 is 0. The number of fused-ring (bicyclic) bond motifs is 3. The molecule has 0 aliphatic carbocycles. The second-order valence-corrected chi connectivity index (χ2v) is 5.10. The average Bonchev–Trinajstić information content (AvgIpc) is 2.99. The van der Waals surface area contributed by atoms with Gasteiger partial charge < -0.3 is 9.47 Å². The number of hydrogen-bond donors (Lipinski definition) is 0. The van der Waals surface area contributed by atoms with Gasteiger partial charge in [-0.2, -0.15) is 0 Å². The molecule has 0 N–H and O–H groups in total. The van der Waals surface area contributed by atoms with E-state index in [2.05, 4.69) is 0 Å². The lowest BCUT2D eigenvalue weighted by atomic mass is 10.0. The summed E-state index contributed by atoms with van der Waals surface area (Å²) in [5.41, 5.74) is 0.761. The molecule has 2 saturated heterocycles. The van der Waals surface area contributed by atoms with Crippen LogP contribution >= 0.6 is 0 Å². The lowest BCUT2D eigenvalue weighted by Crippen LogP contribution is -2.52. The van der Waals surface area contributed by atoms with Crippen LogP contribution in [0, 0.1) is 0 Å². The maximum absolute atomic E-state index is 12.4. The van der Waals surface area contributed by atoms with E-state index in [1.807, 2.05) is 0 Å². The van der Waals surface area contributed by atoms with Gasteiger partial charge in [0.2, 0.25) is 6.29 Å². The molecule has 102 valence electrons. The average molecular weight is 273 g/mol. The Kier molecular flexibility index (Phi) is 2.33. The summed E-state index contributed by atoms with van der Waals surface area (Å²) in [7, 11) is 0. The van der Waals surface area contributed by atoms with E-state index in [9.17, 15) is 14.4 Å². The zero-order valence-corrected chi connectivity index (χ0v) is 10.4. The van der Waals surface area contributed by atoms with Crippen LogP contribution in [0.1, 0.15) is 27.1 Å². The molecule has 2 bridgehead atoms. The van der Waals surface area contributed by atoms with Crippen molar-refractivity contribution in [2.24, 2.45) is 0 Å². The van der Waals surface area contributed by atoms with Crippen molar-refractivity contribution >= 4 is 17.6 Å². The van der Waals surface area contributed by atoms with Crippen LogP contribution in [0.2, 0.25) is 0 Å². The van der Waals surface area contributed by atoms with Gasteiger partial charge in [-0.15, -0.1) is 0 Å². The fraction of sp³-hybridized carbons (Fsp3) is 0.357. The van der Waals surface area contributed by atoms with Crippen molar-refractivity contribution in [2.45, 2.75) is 24.9 Å². The molecule has 0 unspecified atom stereocenters. The molecule has 4 rings (SSSR count). The Hall–Kier alpha value is -2.05. The number of ketones is 1. The smallest absolute Gasteiger partial charge is 0.261 e. The maximum Gasteiger partial charge on any atom is 0.261 e. The minimum atomic E-state index is -0.827. The molecule has 0 saturated carbocycles. The zero-order chi connectivity index (χ0) is 13.9. The number of carbonyl (C=O) groups is 3. The van der Waals surface area contributed by atoms with Crippen LogP contribution in [-0.4, -0.2) is 47.5 Å². The number of hydrogen-bond acceptors (Lipinski definition) is 5. The van der Waals surface area contributed by atoms with Gasteiger partial charge in [-0.25, -0.2) is 0 Å². The van der Waals surface area contributed by atoms with Crippen molar-refractivity contribution in [1.82, 2.24) is 4.90 Å². The second kappa shape index (κ2) is 3.97. The first-order valence-corrected chi connectivity index (χ1v) is 6.43. The minimum Gasteiger partial charge on any atom is -0.343 e. The molecule has 0 spiro atoms. The summed E-state index contributed by atoms with van der Waals surface area (Å²) in [6.45, 7) is 0.231. The van der Waals surface area contributed by atoms with Crippen LogP contribution in [0.5, 0.6) is 0 Å². The summed E-state index contributed by atoms with van der Waals surface area (Å²) in [5.74, 6) is -0.949. The Morgan fingerprint density at radius 2 is 1.70 bits per heavy atom. The Labute approximate surface area is 114 Å². The van der Waals surface area contributed by atoms with Gasteiger partial charge in [-0.1, -0.05) is 12.1 Å². The SMILES string of the molecule is O=C1C[C@H](N2C(=O)c3ccccc3C2=O)[C@H]2CO[C@H]1O2. The van der Waals surface area contributed by atoms with Crippen molar-refractivity contribution in [1.29, 1.82) is 0 Å². The van der Waals surface area contributed by atoms with E-state index in [-0.39, 0.29) is 30.6 Å². The predicted molar refractivity (Wildman–Crippen MR) is 65.0 cm³/mol. The lowest BCUT2D eigenvalue weighted by molar-refractivity contribution is -0.156. The molecule has 1 aromatic rings. The monoisotopic (exact) mass is 273 g/mol. The van der Waals surface area contributed by atoms with Crippen molar-refractivity contribution in [3.05, 3.63) is 35.4 Å². The molecule has 2 amide bonds. The lowest BCUT2D eigenvalue weighted by Gasteiger charge is -2.32. The highest BCUT2D eigenvalue weighted by Crippen LogP contribution is 2.33. The molecular weight excluding hydrogens is 262 g/mol. The normalized spacial score (nSPS) is 31.9. The number of imide groups is 1. The number of carbonyl (C=O) groups excluding carboxylic acids is 3. The highest BCUT2D eigenvalue weighted by atomic mass is 16.7. The van der Waals surface area contributed by atoms with Crippen molar-refractivity contribution in [3.63, 3.8) is 0 Å². The van der Waals surface area contributed by atoms with Gasteiger partial charge in [0, 0.05) is 6.42 Å². The number of Topliss-reactive ketones (excluding diaryl/α,β-unsaturated/α-hetero) is 1. The minimum absolute atomic E-state index is 0.0980. The van der Waals surface area contributed by atoms with Crippen LogP contribution in [0.15, 0.2) is 24.3 Å². The van der Waals surface area contributed by atoms with Crippen LogP contribution in [0.25, 0.3) is 0 Å². The number of rotatable bonds is 1. The third kappa shape index (κ3) is 1.43. The van der Waals surface area contributed by atoms with Crippen LogP contribution in [0.4, 0.5) is 0 Å². The van der Waals surface area contributed by atoms with Gasteiger partial charge in [-0.05, 0) is 12.1 Å². The zero-order valence-electron chi connectivity index (χ0n) is 10.4. The Bertz CT molecular complexity index is 605. The van der Waals surface area contributed by atoms with E-state index in [1.54, 1.807) is 24.3 Å². The fourth-order valence-electron chi connectivity index (χ4n) is 2.99. The molecule has 1 aromatic carbocycles. The first-order valence-electron chi connectivity index (χ1n) is 6.43. The Morgan fingerprint density at radius 3 is 2.35 bits per heavy atom. The standard InChI is InChI=1S/C14H11NO5/c16-10-5-9(11-6-19-14(10)20-11)15-12(17)7-3-1-2-4-8(7)13(15)18/h1-4,9,11,14H,5-6H2/t9-,11+,14-/m0/s1. The Morgan fingerprint density at radius 1 is 1.05 bits per heavy atom. The highest BCUT2D eigenvalue weighted by molar-refractivity contribution is 6.21.